The van der Waals surface area contributed by atoms with Crippen molar-refractivity contribution in [2.45, 2.75) is 31.6 Å². The quantitative estimate of drug-likeness (QED) is 0.800. The molecular weight excluding hydrogens is 196 g/mol. The lowest BCUT2D eigenvalue weighted by Gasteiger charge is -2.16. The van der Waals surface area contributed by atoms with Crippen LogP contribution < -0.4 is 0 Å². The first kappa shape index (κ1) is 8.88. The highest BCUT2D eigenvalue weighted by Crippen LogP contribution is 2.53. The maximum atomic E-state index is 10.6. The molecule has 1 unspecified atom stereocenters. The van der Waals surface area contributed by atoms with Gasteiger partial charge in [-0.1, -0.05) is 0 Å². The zero-order valence-electron chi connectivity index (χ0n) is 8.22. The van der Waals surface area contributed by atoms with Crippen LogP contribution in [0.5, 0.6) is 0 Å². The van der Waals surface area contributed by atoms with Gasteiger partial charge < -0.3 is 9.63 Å². The van der Waals surface area contributed by atoms with Crippen molar-refractivity contribution in [3.63, 3.8) is 0 Å². The van der Waals surface area contributed by atoms with Crippen molar-refractivity contribution in [1.82, 2.24) is 10.1 Å². The van der Waals surface area contributed by atoms with Crippen LogP contribution in [0.3, 0.4) is 0 Å². The molecule has 5 heteroatoms. The molecule has 2 fully saturated rings. The normalized spacial score (nSPS) is 33.5. The second-order valence-electron chi connectivity index (χ2n) is 4.53. The highest BCUT2D eigenvalue weighted by molar-refractivity contribution is 5.82. The van der Waals surface area contributed by atoms with Crippen LogP contribution in [-0.4, -0.2) is 21.2 Å². The molecular formula is C10H12N2O3. The molecule has 1 N–H and O–H groups in total. The summed E-state index contributed by atoms with van der Waals surface area (Å²) in [7, 11) is 0. The Labute approximate surface area is 86.5 Å². The first-order valence-electron chi connectivity index (χ1n) is 5.31. The van der Waals surface area contributed by atoms with Crippen molar-refractivity contribution in [2.75, 3.05) is 0 Å². The summed E-state index contributed by atoms with van der Waals surface area (Å²) in [5, 5.41) is 12.1. The van der Waals surface area contributed by atoms with E-state index in [9.17, 15) is 4.79 Å². The Bertz CT molecular complexity index is 401. The summed E-state index contributed by atoms with van der Waals surface area (Å²) in [6.07, 6.45) is 4.70. The fourth-order valence-corrected chi connectivity index (χ4v) is 2.56. The van der Waals surface area contributed by atoms with Crippen LogP contribution >= 0.6 is 0 Å². The van der Waals surface area contributed by atoms with Gasteiger partial charge in [0.25, 0.3) is 5.82 Å². The summed E-state index contributed by atoms with van der Waals surface area (Å²) < 4.78 is 4.99. The molecule has 0 spiro atoms. The summed E-state index contributed by atoms with van der Waals surface area (Å²) in [6, 6.07) is 0. The number of hydrogen-bond acceptors (Lipinski definition) is 4. The average Bonchev–Trinajstić information content (AvgIpc) is 2.82. The largest absolute Gasteiger partial charge is 0.475 e. The van der Waals surface area contributed by atoms with Crippen LogP contribution in [0, 0.1) is 11.8 Å². The molecule has 0 amide bonds. The predicted molar refractivity (Wildman–Crippen MR) is 49.4 cm³/mol. The molecule has 5 nitrogen and oxygen atoms in total. The maximum Gasteiger partial charge on any atom is 0.377 e. The Morgan fingerprint density at radius 2 is 2.20 bits per heavy atom. The summed E-state index contributed by atoms with van der Waals surface area (Å²) in [4.78, 5) is 14.5. The number of rotatable bonds is 2. The number of aromatic nitrogens is 2. The number of hydrogen-bond donors (Lipinski definition) is 1. The molecule has 0 bridgehead atoms. The van der Waals surface area contributed by atoms with Gasteiger partial charge in [-0.2, -0.15) is 4.98 Å². The van der Waals surface area contributed by atoms with Crippen molar-refractivity contribution in [1.29, 1.82) is 0 Å². The molecule has 80 valence electrons. The average molecular weight is 208 g/mol. The minimum atomic E-state index is -1.12. The molecule has 0 aromatic carbocycles. The topological polar surface area (TPSA) is 76.2 Å². The van der Waals surface area contributed by atoms with Crippen LogP contribution in [0.4, 0.5) is 0 Å². The third-order valence-electron chi connectivity index (χ3n) is 3.52. The van der Waals surface area contributed by atoms with Crippen molar-refractivity contribution in [3.05, 3.63) is 11.7 Å². The Morgan fingerprint density at radius 1 is 1.33 bits per heavy atom. The van der Waals surface area contributed by atoms with Crippen molar-refractivity contribution < 1.29 is 14.4 Å². The summed E-state index contributed by atoms with van der Waals surface area (Å²) in [6.45, 7) is 0. The van der Waals surface area contributed by atoms with Crippen LogP contribution in [-0.2, 0) is 0 Å². The van der Waals surface area contributed by atoms with E-state index in [1.165, 1.54) is 12.8 Å². The van der Waals surface area contributed by atoms with Gasteiger partial charge in [0, 0.05) is 5.92 Å². The van der Waals surface area contributed by atoms with E-state index in [1.807, 2.05) is 0 Å². The standard InChI is InChI=1S/C10H12N2O3/c13-10(14)8-11-9(15-12-8)6-2-1-5-3-7(5)4-6/h5-7H,1-4H2,(H,13,14)/t5-,6?,7-/m0/s1. The molecule has 2 saturated carbocycles. The van der Waals surface area contributed by atoms with E-state index < -0.39 is 5.97 Å². The Kier molecular flexibility index (Phi) is 1.81. The predicted octanol–water partition coefficient (Wildman–Crippen LogP) is 1.67. The number of carbonyl (C=O) groups is 1. The third kappa shape index (κ3) is 1.52. The number of carboxylic acids is 1. The molecule has 0 aliphatic heterocycles. The van der Waals surface area contributed by atoms with E-state index in [4.69, 9.17) is 9.63 Å². The number of carboxylic acid groups (broad SMARTS) is 1. The van der Waals surface area contributed by atoms with E-state index in [-0.39, 0.29) is 11.7 Å². The van der Waals surface area contributed by atoms with Crippen LogP contribution in [0.1, 0.15) is 48.1 Å². The SMILES string of the molecule is O=C(O)c1noc(C2CC[C@H]3C[C@H]3C2)n1. The van der Waals surface area contributed by atoms with Crippen LogP contribution in [0.25, 0.3) is 0 Å². The highest BCUT2D eigenvalue weighted by Gasteiger charge is 2.43. The third-order valence-corrected chi connectivity index (χ3v) is 3.52. The van der Waals surface area contributed by atoms with Gasteiger partial charge in [0.1, 0.15) is 0 Å². The number of aromatic carboxylic acids is 1. The minimum Gasteiger partial charge on any atom is -0.475 e. The van der Waals surface area contributed by atoms with Gasteiger partial charge in [-0.05, 0) is 42.7 Å². The zero-order valence-corrected chi connectivity index (χ0v) is 8.22. The fourth-order valence-electron chi connectivity index (χ4n) is 2.56. The smallest absolute Gasteiger partial charge is 0.377 e. The van der Waals surface area contributed by atoms with E-state index in [0.717, 1.165) is 24.7 Å². The second kappa shape index (κ2) is 3.05. The molecule has 0 radical (unpaired) electrons. The first-order chi connectivity index (χ1) is 7.24. The fraction of sp³-hybridized carbons (Fsp3) is 0.700. The number of fused-ring (bicyclic) bond motifs is 1. The lowest BCUT2D eigenvalue weighted by molar-refractivity contribution is 0.0680. The van der Waals surface area contributed by atoms with E-state index in [2.05, 4.69) is 10.1 Å². The van der Waals surface area contributed by atoms with Crippen LogP contribution in [0.15, 0.2) is 4.52 Å². The van der Waals surface area contributed by atoms with E-state index in [1.54, 1.807) is 0 Å². The van der Waals surface area contributed by atoms with Gasteiger partial charge in [0.2, 0.25) is 5.89 Å². The Morgan fingerprint density at radius 3 is 2.87 bits per heavy atom. The lowest BCUT2D eigenvalue weighted by Crippen LogP contribution is -2.08. The molecule has 3 rings (SSSR count). The number of nitrogens with zero attached hydrogens (tertiary/aromatic N) is 2. The first-order valence-corrected chi connectivity index (χ1v) is 5.31. The van der Waals surface area contributed by atoms with Gasteiger partial charge in [0.15, 0.2) is 0 Å². The molecule has 1 aromatic rings. The molecule has 0 saturated heterocycles. The van der Waals surface area contributed by atoms with E-state index in [0.29, 0.717) is 5.89 Å². The van der Waals surface area contributed by atoms with Crippen molar-refractivity contribution in [3.8, 4) is 0 Å². The Balaban J connectivity index is 1.77. The van der Waals surface area contributed by atoms with E-state index >= 15 is 0 Å². The lowest BCUT2D eigenvalue weighted by atomic mass is 9.89. The molecule has 1 heterocycles. The van der Waals surface area contributed by atoms with Gasteiger partial charge in [0.05, 0.1) is 0 Å². The molecule has 2 aliphatic carbocycles. The Hall–Kier alpha value is -1.39. The van der Waals surface area contributed by atoms with Gasteiger partial charge >= 0.3 is 5.97 Å². The van der Waals surface area contributed by atoms with Gasteiger partial charge in [-0.25, -0.2) is 4.79 Å². The summed E-state index contributed by atoms with van der Waals surface area (Å²) in [5.41, 5.74) is 0. The summed E-state index contributed by atoms with van der Waals surface area (Å²) >= 11 is 0. The maximum absolute atomic E-state index is 10.6. The molecule has 2 aliphatic rings. The van der Waals surface area contributed by atoms with Crippen molar-refractivity contribution >= 4 is 5.97 Å². The molecule has 15 heavy (non-hydrogen) atoms. The molecule has 3 atom stereocenters. The van der Waals surface area contributed by atoms with Crippen LogP contribution in [0.2, 0.25) is 0 Å². The van der Waals surface area contributed by atoms with Crippen molar-refractivity contribution in [2.24, 2.45) is 11.8 Å². The minimum absolute atomic E-state index is 0.220. The molecule has 1 aromatic heterocycles. The second-order valence-corrected chi connectivity index (χ2v) is 4.53. The van der Waals surface area contributed by atoms with Gasteiger partial charge in [-0.15, -0.1) is 0 Å². The monoisotopic (exact) mass is 208 g/mol. The van der Waals surface area contributed by atoms with Gasteiger partial charge in [-0.3, -0.25) is 0 Å². The highest BCUT2D eigenvalue weighted by atomic mass is 16.5. The zero-order chi connectivity index (χ0) is 10.4. The summed E-state index contributed by atoms with van der Waals surface area (Å²) in [5.74, 6) is 1.20.